The molecular weight excluding hydrogens is 376 g/mol. The van der Waals surface area contributed by atoms with Crippen molar-refractivity contribution in [1.29, 1.82) is 5.26 Å². The standard InChI is InChI=1S/C24H26N4O2/c1-18-7-6-10-21(15-18)29-14-12-23-26-24(30-27-23)22-11-4-5-13-28(22)17-20-9-3-2-8-19(20)16-25/h2-3,6-10,15,22H,4-5,11-14,17H2,1H3. The summed E-state index contributed by atoms with van der Waals surface area (Å²) >= 11 is 0. The maximum Gasteiger partial charge on any atom is 0.244 e. The van der Waals surface area contributed by atoms with Crippen molar-refractivity contribution in [3.63, 3.8) is 0 Å². The van der Waals surface area contributed by atoms with Crippen LogP contribution in [0.2, 0.25) is 0 Å². The molecule has 2 aromatic carbocycles. The summed E-state index contributed by atoms with van der Waals surface area (Å²) in [6.45, 7) is 4.22. The molecule has 0 bridgehead atoms. The Morgan fingerprint density at radius 2 is 2.10 bits per heavy atom. The summed E-state index contributed by atoms with van der Waals surface area (Å²) in [4.78, 5) is 7.00. The summed E-state index contributed by atoms with van der Waals surface area (Å²) in [6.07, 6.45) is 3.85. The molecule has 1 fully saturated rings. The monoisotopic (exact) mass is 402 g/mol. The zero-order chi connectivity index (χ0) is 20.8. The van der Waals surface area contributed by atoms with Gasteiger partial charge in [0, 0.05) is 13.0 Å². The maximum atomic E-state index is 9.39. The molecule has 4 rings (SSSR count). The van der Waals surface area contributed by atoms with E-state index in [-0.39, 0.29) is 6.04 Å². The molecule has 1 atom stereocenters. The zero-order valence-electron chi connectivity index (χ0n) is 17.3. The SMILES string of the molecule is Cc1cccc(OCCc2noc(C3CCCCN3Cc3ccccc3C#N)n2)c1. The lowest BCUT2D eigenvalue weighted by atomic mass is 10.00. The molecule has 1 aromatic heterocycles. The van der Waals surface area contributed by atoms with Crippen LogP contribution >= 0.6 is 0 Å². The van der Waals surface area contributed by atoms with Crippen LogP contribution in [0.3, 0.4) is 0 Å². The molecule has 0 aliphatic carbocycles. The third-order valence-electron chi connectivity index (χ3n) is 5.48. The van der Waals surface area contributed by atoms with Crippen molar-refractivity contribution in [1.82, 2.24) is 15.0 Å². The van der Waals surface area contributed by atoms with E-state index in [0.717, 1.165) is 42.7 Å². The van der Waals surface area contributed by atoms with E-state index in [4.69, 9.17) is 9.26 Å². The van der Waals surface area contributed by atoms with Crippen LogP contribution in [0.1, 0.15) is 53.7 Å². The van der Waals surface area contributed by atoms with Gasteiger partial charge in [-0.3, -0.25) is 4.90 Å². The van der Waals surface area contributed by atoms with Crippen molar-refractivity contribution in [3.8, 4) is 11.8 Å². The van der Waals surface area contributed by atoms with Gasteiger partial charge in [0.2, 0.25) is 5.89 Å². The molecule has 1 aliphatic rings. The average Bonchev–Trinajstić information content (AvgIpc) is 3.23. The van der Waals surface area contributed by atoms with E-state index < -0.39 is 0 Å². The molecule has 1 saturated heterocycles. The predicted octanol–water partition coefficient (Wildman–Crippen LogP) is 4.60. The van der Waals surface area contributed by atoms with E-state index in [1.807, 2.05) is 55.5 Å². The minimum Gasteiger partial charge on any atom is -0.493 e. The van der Waals surface area contributed by atoms with Gasteiger partial charge in [0.15, 0.2) is 5.82 Å². The van der Waals surface area contributed by atoms with Gasteiger partial charge in [-0.2, -0.15) is 10.2 Å². The number of nitriles is 1. The molecule has 154 valence electrons. The number of benzene rings is 2. The summed E-state index contributed by atoms with van der Waals surface area (Å²) in [5.74, 6) is 2.18. The number of hydrogen-bond acceptors (Lipinski definition) is 6. The Hall–Kier alpha value is -3.17. The lowest BCUT2D eigenvalue weighted by Crippen LogP contribution is -2.33. The normalized spacial score (nSPS) is 16.9. The highest BCUT2D eigenvalue weighted by molar-refractivity contribution is 5.37. The number of nitrogens with zero attached hydrogens (tertiary/aromatic N) is 4. The number of hydrogen-bond donors (Lipinski definition) is 0. The van der Waals surface area contributed by atoms with Crippen molar-refractivity contribution in [2.24, 2.45) is 0 Å². The molecule has 2 heterocycles. The van der Waals surface area contributed by atoms with Gasteiger partial charge in [0.25, 0.3) is 0 Å². The Balaban J connectivity index is 1.40. The van der Waals surface area contributed by atoms with Crippen LogP contribution in [-0.2, 0) is 13.0 Å². The van der Waals surface area contributed by atoms with E-state index in [2.05, 4.69) is 21.1 Å². The van der Waals surface area contributed by atoms with Crippen molar-refractivity contribution in [2.45, 2.75) is 45.2 Å². The fourth-order valence-electron chi connectivity index (χ4n) is 3.92. The fraction of sp³-hybridized carbons (Fsp3) is 0.375. The Kier molecular flexibility index (Phi) is 6.41. The summed E-state index contributed by atoms with van der Waals surface area (Å²) < 4.78 is 11.4. The van der Waals surface area contributed by atoms with Crippen molar-refractivity contribution in [2.75, 3.05) is 13.2 Å². The van der Waals surface area contributed by atoms with Crippen molar-refractivity contribution in [3.05, 3.63) is 76.9 Å². The van der Waals surface area contributed by atoms with Crippen molar-refractivity contribution < 1.29 is 9.26 Å². The molecule has 30 heavy (non-hydrogen) atoms. The highest BCUT2D eigenvalue weighted by Gasteiger charge is 2.29. The first kappa shape index (κ1) is 20.1. The maximum absolute atomic E-state index is 9.39. The highest BCUT2D eigenvalue weighted by Crippen LogP contribution is 2.31. The lowest BCUT2D eigenvalue weighted by molar-refractivity contribution is 0.111. The van der Waals surface area contributed by atoms with Crippen LogP contribution in [0.5, 0.6) is 5.75 Å². The van der Waals surface area contributed by atoms with Gasteiger partial charge in [0.05, 0.1) is 24.3 Å². The second-order valence-corrected chi connectivity index (χ2v) is 7.71. The Morgan fingerprint density at radius 3 is 2.97 bits per heavy atom. The summed E-state index contributed by atoms with van der Waals surface area (Å²) in [5, 5.41) is 13.6. The molecule has 0 amide bonds. The number of ether oxygens (including phenoxy) is 1. The quantitative estimate of drug-likeness (QED) is 0.575. The molecular formula is C24H26N4O2. The van der Waals surface area contributed by atoms with Gasteiger partial charge >= 0.3 is 0 Å². The summed E-state index contributed by atoms with van der Waals surface area (Å²) in [5.41, 5.74) is 2.93. The second kappa shape index (κ2) is 9.55. The van der Waals surface area contributed by atoms with Gasteiger partial charge in [-0.25, -0.2) is 0 Å². The van der Waals surface area contributed by atoms with Crippen LogP contribution in [0.4, 0.5) is 0 Å². The van der Waals surface area contributed by atoms with Gasteiger partial charge < -0.3 is 9.26 Å². The van der Waals surface area contributed by atoms with Gasteiger partial charge in [-0.05, 0) is 55.6 Å². The zero-order valence-corrected chi connectivity index (χ0v) is 17.3. The first-order valence-electron chi connectivity index (χ1n) is 10.5. The molecule has 0 spiro atoms. The second-order valence-electron chi connectivity index (χ2n) is 7.71. The summed E-state index contributed by atoms with van der Waals surface area (Å²) in [6, 6.07) is 18.1. The minimum atomic E-state index is 0.0874. The fourth-order valence-corrected chi connectivity index (χ4v) is 3.92. The van der Waals surface area contributed by atoms with E-state index in [9.17, 15) is 5.26 Å². The Labute approximate surface area is 177 Å². The van der Waals surface area contributed by atoms with E-state index in [1.165, 1.54) is 5.56 Å². The first-order valence-corrected chi connectivity index (χ1v) is 10.5. The minimum absolute atomic E-state index is 0.0874. The Morgan fingerprint density at radius 1 is 1.20 bits per heavy atom. The van der Waals surface area contributed by atoms with Crippen LogP contribution in [-0.4, -0.2) is 28.2 Å². The molecule has 6 heteroatoms. The van der Waals surface area contributed by atoms with Gasteiger partial charge in [0.1, 0.15) is 5.75 Å². The number of aryl methyl sites for hydroxylation is 1. The third-order valence-corrected chi connectivity index (χ3v) is 5.48. The Bertz CT molecular complexity index is 1020. The van der Waals surface area contributed by atoms with Crippen LogP contribution in [0, 0.1) is 18.3 Å². The smallest absolute Gasteiger partial charge is 0.244 e. The van der Waals surface area contributed by atoms with Crippen molar-refractivity contribution >= 4 is 0 Å². The van der Waals surface area contributed by atoms with E-state index in [1.54, 1.807) is 0 Å². The summed E-state index contributed by atoms with van der Waals surface area (Å²) in [7, 11) is 0. The number of piperidine rings is 1. The highest BCUT2D eigenvalue weighted by atomic mass is 16.5. The van der Waals surface area contributed by atoms with Gasteiger partial charge in [-0.15, -0.1) is 0 Å². The van der Waals surface area contributed by atoms with E-state index >= 15 is 0 Å². The lowest BCUT2D eigenvalue weighted by Gasteiger charge is -2.33. The van der Waals surface area contributed by atoms with E-state index in [0.29, 0.717) is 31.3 Å². The topological polar surface area (TPSA) is 75.2 Å². The molecule has 6 nitrogen and oxygen atoms in total. The predicted molar refractivity (Wildman–Crippen MR) is 113 cm³/mol. The first-order chi connectivity index (χ1) is 14.7. The largest absolute Gasteiger partial charge is 0.493 e. The third kappa shape index (κ3) is 4.87. The number of rotatable bonds is 7. The van der Waals surface area contributed by atoms with Gasteiger partial charge in [-0.1, -0.05) is 41.9 Å². The van der Waals surface area contributed by atoms with Crippen LogP contribution < -0.4 is 4.74 Å². The molecule has 0 radical (unpaired) electrons. The number of aromatic nitrogens is 2. The van der Waals surface area contributed by atoms with Crippen LogP contribution in [0.15, 0.2) is 53.1 Å². The average molecular weight is 402 g/mol. The molecule has 1 unspecified atom stereocenters. The molecule has 0 N–H and O–H groups in total. The number of likely N-dealkylation sites (tertiary alicyclic amines) is 1. The molecule has 0 saturated carbocycles. The van der Waals surface area contributed by atoms with Crippen LogP contribution in [0.25, 0.3) is 0 Å². The molecule has 1 aliphatic heterocycles. The molecule has 3 aromatic rings.